The molecule has 0 spiro atoms. The average molecular weight is 272 g/mol. The minimum Gasteiger partial charge on any atom is -0.481 e. The minimum absolute atomic E-state index is 0.0209. The van der Waals surface area contributed by atoms with Crippen LogP contribution in [0.25, 0.3) is 0 Å². The Kier molecular flexibility index (Phi) is 4.20. The maximum absolute atomic E-state index is 12.1. The number of nitrogens with one attached hydrogen (secondary N) is 1. The van der Waals surface area contributed by atoms with Gasteiger partial charge in [0, 0.05) is 18.4 Å². The van der Waals surface area contributed by atoms with Crippen molar-refractivity contribution in [2.24, 2.45) is 0 Å². The second-order valence-electron chi connectivity index (χ2n) is 4.40. The molecule has 5 heteroatoms. The maximum atomic E-state index is 12.1. The number of rotatable bonds is 5. The van der Waals surface area contributed by atoms with Gasteiger partial charge in [-0.05, 0) is 36.8 Å². The summed E-state index contributed by atoms with van der Waals surface area (Å²) < 4.78 is 1.86. The van der Waals surface area contributed by atoms with Crippen LogP contribution in [0.2, 0.25) is 0 Å². The Morgan fingerprint density at radius 3 is 2.50 bits per heavy atom. The summed E-state index contributed by atoms with van der Waals surface area (Å²) in [7, 11) is 0. The van der Waals surface area contributed by atoms with Crippen molar-refractivity contribution in [2.75, 3.05) is 5.32 Å². The molecule has 1 aromatic carbocycles. The summed E-state index contributed by atoms with van der Waals surface area (Å²) in [5.41, 5.74) is 1.95. The number of aromatic nitrogens is 1. The molecule has 0 saturated carbocycles. The molecule has 2 N–H and O–H groups in total. The number of carboxylic acid groups (broad SMARTS) is 1. The van der Waals surface area contributed by atoms with Gasteiger partial charge in [0.2, 0.25) is 0 Å². The first kappa shape index (κ1) is 13.9. The summed E-state index contributed by atoms with van der Waals surface area (Å²) in [4.78, 5) is 22.7. The van der Waals surface area contributed by atoms with Gasteiger partial charge in [0.15, 0.2) is 0 Å². The highest BCUT2D eigenvalue weighted by atomic mass is 16.4. The smallest absolute Gasteiger partial charge is 0.307 e. The topological polar surface area (TPSA) is 71.3 Å². The van der Waals surface area contributed by atoms with E-state index < -0.39 is 5.97 Å². The van der Waals surface area contributed by atoms with Gasteiger partial charge in [-0.15, -0.1) is 0 Å². The van der Waals surface area contributed by atoms with Crippen LogP contribution in [0, 0.1) is 0 Å². The summed E-state index contributed by atoms with van der Waals surface area (Å²) in [6.45, 7) is 2.70. The lowest BCUT2D eigenvalue weighted by atomic mass is 10.1. The number of benzene rings is 1. The Morgan fingerprint density at radius 2 is 1.90 bits per heavy atom. The standard InChI is InChI=1S/C15H16N2O3/c1-2-17-9-3-4-13(17)15(20)16-12-7-5-11(6-8-12)10-14(18)19/h3-9H,2,10H2,1H3,(H,16,20)(H,18,19). The van der Waals surface area contributed by atoms with Crippen molar-refractivity contribution < 1.29 is 14.7 Å². The Morgan fingerprint density at radius 1 is 1.20 bits per heavy atom. The molecule has 5 nitrogen and oxygen atoms in total. The van der Waals surface area contributed by atoms with Crippen molar-refractivity contribution in [3.05, 3.63) is 53.9 Å². The van der Waals surface area contributed by atoms with E-state index in [1.54, 1.807) is 30.3 Å². The molecule has 20 heavy (non-hydrogen) atoms. The summed E-state index contributed by atoms with van der Waals surface area (Å²) in [5.74, 6) is -1.05. The normalized spacial score (nSPS) is 10.2. The Labute approximate surface area is 116 Å². The lowest BCUT2D eigenvalue weighted by Crippen LogP contribution is -2.16. The molecule has 0 aliphatic carbocycles. The number of aliphatic carboxylic acids is 1. The SMILES string of the molecule is CCn1cccc1C(=O)Nc1ccc(CC(=O)O)cc1. The lowest BCUT2D eigenvalue weighted by molar-refractivity contribution is -0.136. The van der Waals surface area contributed by atoms with E-state index in [-0.39, 0.29) is 12.3 Å². The number of hydrogen-bond donors (Lipinski definition) is 2. The van der Waals surface area contributed by atoms with E-state index in [0.717, 1.165) is 6.54 Å². The van der Waals surface area contributed by atoms with Crippen LogP contribution in [0.4, 0.5) is 5.69 Å². The highest BCUT2D eigenvalue weighted by Gasteiger charge is 2.10. The van der Waals surface area contributed by atoms with Gasteiger partial charge in [-0.2, -0.15) is 0 Å². The van der Waals surface area contributed by atoms with Crippen molar-refractivity contribution in [3.8, 4) is 0 Å². The van der Waals surface area contributed by atoms with Crippen LogP contribution >= 0.6 is 0 Å². The molecular weight excluding hydrogens is 256 g/mol. The first-order chi connectivity index (χ1) is 9.60. The lowest BCUT2D eigenvalue weighted by Gasteiger charge is -2.08. The number of carbonyl (C=O) groups is 2. The maximum Gasteiger partial charge on any atom is 0.307 e. The van der Waals surface area contributed by atoms with Gasteiger partial charge in [0.05, 0.1) is 6.42 Å². The molecular formula is C15H16N2O3. The fourth-order valence-electron chi connectivity index (χ4n) is 1.97. The van der Waals surface area contributed by atoms with Crippen molar-refractivity contribution >= 4 is 17.6 Å². The molecule has 1 heterocycles. The fraction of sp³-hybridized carbons (Fsp3) is 0.200. The first-order valence-electron chi connectivity index (χ1n) is 6.37. The van der Waals surface area contributed by atoms with Gasteiger partial charge in [0.1, 0.15) is 5.69 Å². The second-order valence-corrected chi connectivity index (χ2v) is 4.40. The van der Waals surface area contributed by atoms with E-state index in [1.807, 2.05) is 23.8 Å². The van der Waals surface area contributed by atoms with Crippen molar-refractivity contribution in [1.82, 2.24) is 4.57 Å². The molecule has 104 valence electrons. The molecule has 0 atom stereocenters. The predicted octanol–water partition coefficient (Wildman–Crippen LogP) is 2.39. The fourth-order valence-corrected chi connectivity index (χ4v) is 1.97. The Hall–Kier alpha value is -2.56. The number of amides is 1. The summed E-state index contributed by atoms with van der Waals surface area (Å²) in [6, 6.07) is 10.4. The molecule has 1 amide bonds. The van der Waals surface area contributed by atoms with Crippen molar-refractivity contribution in [1.29, 1.82) is 0 Å². The Balaban J connectivity index is 2.06. The van der Waals surface area contributed by atoms with Gasteiger partial charge in [-0.1, -0.05) is 12.1 Å². The van der Waals surface area contributed by atoms with E-state index in [2.05, 4.69) is 5.32 Å². The number of carboxylic acids is 1. The predicted molar refractivity (Wildman–Crippen MR) is 75.8 cm³/mol. The third-order valence-corrected chi connectivity index (χ3v) is 2.97. The highest BCUT2D eigenvalue weighted by molar-refractivity contribution is 6.03. The molecule has 0 fully saturated rings. The highest BCUT2D eigenvalue weighted by Crippen LogP contribution is 2.12. The Bertz CT molecular complexity index is 614. The molecule has 0 radical (unpaired) electrons. The molecule has 0 aliphatic heterocycles. The third kappa shape index (κ3) is 3.26. The van der Waals surface area contributed by atoms with Crippen molar-refractivity contribution in [2.45, 2.75) is 19.9 Å². The zero-order chi connectivity index (χ0) is 14.5. The number of hydrogen-bond acceptors (Lipinski definition) is 2. The van der Waals surface area contributed by atoms with Crippen LogP contribution < -0.4 is 5.32 Å². The molecule has 0 bridgehead atoms. The van der Waals surface area contributed by atoms with E-state index >= 15 is 0 Å². The van der Waals surface area contributed by atoms with Crippen LogP contribution in [0.5, 0.6) is 0 Å². The van der Waals surface area contributed by atoms with E-state index in [9.17, 15) is 9.59 Å². The van der Waals surface area contributed by atoms with Gasteiger partial charge in [0.25, 0.3) is 5.91 Å². The monoisotopic (exact) mass is 272 g/mol. The van der Waals surface area contributed by atoms with Gasteiger partial charge < -0.3 is 15.0 Å². The van der Waals surface area contributed by atoms with Crippen LogP contribution in [0.1, 0.15) is 23.0 Å². The van der Waals surface area contributed by atoms with E-state index in [1.165, 1.54) is 0 Å². The minimum atomic E-state index is -0.873. The van der Waals surface area contributed by atoms with E-state index in [4.69, 9.17) is 5.11 Å². The summed E-state index contributed by atoms with van der Waals surface area (Å²) >= 11 is 0. The number of aryl methyl sites for hydroxylation is 1. The zero-order valence-corrected chi connectivity index (χ0v) is 11.2. The van der Waals surface area contributed by atoms with Crippen LogP contribution in [0.3, 0.4) is 0 Å². The van der Waals surface area contributed by atoms with Crippen molar-refractivity contribution in [3.63, 3.8) is 0 Å². The quantitative estimate of drug-likeness (QED) is 0.877. The first-order valence-corrected chi connectivity index (χ1v) is 6.37. The summed E-state index contributed by atoms with van der Waals surface area (Å²) in [6.07, 6.45) is 1.83. The number of anilines is 1. The van der Waals surface area contributed by atoms with Crippen LogP contribution in [-0.2, 0) is 17.8 Å². The average Bonchev–Trinajstić information content (AvgIpc) is 2.89. The molecule has 0 unspecified atom stereocenters. The van der Waals surface area contributed by atoms with Crippen LogP contribution in [-0.4, -0.2) is 21.6 Å². The van der Waals surface area contributed by atoms with Gasteiger partial charge in [-0.3, -0.25) is 9.59 Å². The molecule has 2 aromatic rings. The van der Waals surface area contributed by atoms with Crippen LogP contribution in [0.15, 0.2) is 42.6 Å². The second kappa shape index (κ2) is 6.06. The van der Waals surface area contributed by atoms with Gasteiger partial charge in [-0.25, -0.2) is 0 Å². The van der Waals surface area contributed by atoms with Gasteiger partial charge >= 0.3 is 5.97 Å². The molecule has 1 aromatic heterocycles. The number of nitrogens with zero attached hydrogens (tertiary/aromatic N) is 1. The summed E-state index contributed by atoms with van der Waals surface area (Å²) in [5, 5.41) is 11.5. The third-order valence-electron chi connectivity index (χ3n) is 2.97. The molecule has 0 aliphatic rings. The number of carbonyl (C=O) groups excluding carboxylic acids is 1. The molecule has 2 rings (SSSR count). The van der Waals surface area contributed by atoms with E-state index in [0.29, 0.717) is 16.9 Å². The largest absolute Gasteiger partial charge is 0.481 e. The zero-order valence-electron chi connectivity index (χ0n) is 11.2. The molecule has 0 saturated heterocycles.